The molecule has 0 aromatic heterocycles. The van der Waals surface area contributed by atoms with Crippen molar-refractivity contribution in [1.29, 1.82) is 0 Å². The first kappa shape index (κ1) is 12.9. The van der Waals surface area contributed by atoms with Gasteiger partial charge in [-0.15, -0.1) is 0 Å². The van der Waals surface area contributed by atoms with Crippen LogP contribution in [0.15, 0.2) is 36.4 Å². The number of carbonyl (C=O) groups is 2. The number of carbonyl (C=O) groups excluding carboxylic acids is 2. The Morgan fingerprint density at radius 2 is 1.85 bits per heavy atom. The first-order chi connectivity index (χ1) is 9.71. The van der Waals surface area contributed by atoms with Gasteiger partial charge in [-0.2, -0.15) is 0 Å². The lowest BCUT2D eigenvalue weighted by molar-refractivity contribution is -0.130. The second-order valence-corrected chi connectivity index (χ2v) is 5.45. The Labute approximate surface area is 118 Å². The standard InChI is InChI=1S/C16H18N2O2/c19-14-16(10-4-5-11-16)17-15(20)18(14)12-6-9-13-7-2-1-3-8-13/h1-3,6-9H,4-5,10-12H2,(H,17,20). The molecule has 1 aromatic rings. The summed E-state index contributed by atoms with van der Waals surface area (Å²) in [5, 5.41) is 2.88. The molecule has 0 radical (unpaired) electrons. The Morgan fingerprint density at radius 1 is 1.15 bits per heavy atom. The van der Waals surface area contributed by atoms with E-state index in [1.807, 2.05) is 42.5 Å². The van der Waals surface area contributed by atoms with Gasteiger partial charge in [0.2, 0.25) is 0 Å². The molecule has 0 unspecified atom stereocenters. The van der Waals surface area contributed by atoms with E-state index in [4.69, 9.17) is 0 Å². The second kappa shape index (κ2) is 5.12. The Balaban J connectivity index is 1.67. The topological polar surface area (TPSA) is 49.4 Å². The lowest BCUT2D eigenvalue weighted by Gasteiger charge is -2.19. The molecule has 20 heavy (non-hydrogen) atoms. The molecule has 3 amide bonds. The fourth-order valence-corrected chi connectivity index (χ4v) is 3.02. The first-order valence-corrected chi connectivity index (χ1v) is 7.07. The van der Waals surface area contributed by atoms with E-state index in [1.165, 1.54) is 4.90 Å². The van der Waals surface area contributed by atoms with E-state index in [1.54, 1.807) is 0 Å². The first-order valence-electron chi connectivity index (χ1n) is 7.07. The van der Waals surface area contributed by atoms with Crippen molar-refractivity contribution in [3.8, 4) is 0 Å². The predicted molar refractivity (Wildman–Crippen MR) is 76.9 cm³/mol. The maximum atomic E-state index is 12.4. The van der Waals surface area contributed by atoms with Gasteiger partial charge in [0, 0.05) is 6.54 Å². The molecule has 1 heterocycles. The molecule has 1 N–H and O–H groups in total. The zero-order valence-electron chi connectivity index (χ0n) is 11.3. The number of hydrogen-bond acceptors (Lipinski definition) is 2. The highest BCUT2D eigenvalue weighted by atomic mass is 16.2. The van der Waals surface area contributed by atoms with Crippen LogP contribution in [-0.4, -0.2) is 28.9 Å². The van der Waals surface area contributed by atoms with Crippen molar-refractivity contribution in [3.63, 3.8) is 0 Å². The van der Waals surface area contributed by atoms with E-state index in [-0.39, 0.29) is 11.9 Å². The van der Waals surface area contributed by atoms with Gasteiger partial charge in [0.1, 0.15) is 5.54 Å². The third kappa shape index (κ3) is 2.22. The van der Waals surface area contributed by atoms with Gasteiger partial charge in [0.15, 0.2) is 0 Å². The van der Waals surface area contributed by atoms with E-state index < -0.39 is 5.54 Å². The highest BCUT2D eigenvalue weighted by Gasteiger charge is 2.51. The normalized spacial score (nSPS) is 21.1. The van der Waals surface area contributed by atoms with Crippen LogP contribution in [0.5, 0.6) is 0 Å². The Hall–Kier alpha value is -2.10. The lowest BCUT2D eigenvalue weighted by atomic mass is 9.98. The van der Waals surface area contributed by atoms with Gasteiger partial charge in [-0.25, -0.2) is 4.79 Å². The van der Waals surface area contributed by atoms with Crippen molar-refractivity contribution >= 4 is 18.0 Å². The summed E-state index contributed by atoms with van der Waals surface area (Å²) in [5.41, 5.74) is 0.465. The fraction of sp³-hybridized carbons (Fsp3) is 0.375. The fourth-order valence-electron chi connectivity index (χ4n) is 3.02. The van der Waals surface area contributed by atoms with Crippen LogP contribution in [0.4, 0.5) is 4.79 Å². The maximum absolute atomic E-state index is 12.4. The minimum atomic E-state index is -0.600. The predicted octanol–water partition coefficient (Wildman–Crippen LogP) is 2.56. The molecule has 1 saturated carbocycles. The van der Waals surface area contributed by atoms with Crippen LogP contribution >= 0.6 is 0 Å². The van der Waals surface area contributed by atoms with Crippen LogP contribution < -0.4 is 5.32 Å². The van der Waals surface area contributed by atoms with Gasteiger partial charge in [-0.05, 0) is 18.4 Å². The molecular weight excluding hydrogens is 252 g/mol. The third-order valence-corrected chi connectivity index (χ3v) is 4.10. The average molecular weight is 270 g/mol. The molecular formula is C16H18N2O2. The molecule has 4 heteroatoms. The van der Waals surface area contributed by atoms with E-state index >= 15 is 0 Å². The molecule has 104 valence electrons. The highest BCUT2D eigenvalue weighted by Crippen LogP contribution is 2.34. The second-order valence-electron chi connectivity index (χ2n) is 5.45. The van der Waals surface area contributed by atoms with Crippen LogP contribution in [0.25, 0.3) is 6.08 Å². The van der Waals surface area contributed by atoms with Crippen molar-refractivity contribution in [3.05, 3.63) is 42.0 Å². The average Bonchev–Trinajstić information content (AvgIpc) is 3.01. The Bertz CT molecular complexity index is 545. The molecule has 2 fully saturated rings. The van der Waals surface area contributed by atoms with Gasteiger partial charge in [-0.1, -0.05) is 55.3 Å². The molecule has 0 bridgehead atoms. The van der Waals surface area contributed by atoms with Gasteiger partial charge in [0.25, 0.3) is 5.91 Å². The monoisotopic (exact) mass is 270 g/mol. The molecule has 1 aliphatic carbocycles. The smallest absolute Gasteiger partial charge is 0.323 e. The minimum absolute atomic E-state index is 0.0577. The number of imide groups is 1. The molecule has 1 aromatic carbocycles. The van der Waals surface area contributed by atoms with Crippen LogP contribution in [0, 0.1) is 0 Å². The summed E-state index contributed by atoms with van der Waals surface area (Å²) in [4.78, 5) is 25.7. The summed E-state index contributed by atoms with van der Waals surface area (Å²) < 4.78 is 0. The van der Waals surface area contributed by atoms with Crippen LogP contribution in [0.2, 0.25) is 0 Å². The summed E-state index contributed by atoms with van der Waals surface area (Å²) in [6.45, 7) is 0.335. The summed E-state index contributed by atoms with van der Waals surface area (Å²) in [5.74, 6) is -0.0577. The minimum Gasteiger partial charge on any atom is -0.323 e. The maximum Gasteiger partial charge on any atom is 0.325 e. The zero-order chi connectivity index (χ0) is 14.0. The number of urea groups is 1. The molecule has 1 spiro atoms. The van der Waals surface area contributed by atoms with Crippen molar-refractivity contribution in [2.24, 2.45) is 0 Å². The van der Waals surface area contributed by atoms with Crippen LogP contribution in [0.3, 0.4) is 0 Å². The number of hydrogen-bond donors (Lipinski definition) is 1. The van der Waals surface area contributed by atoms with Crippen LogP contribution in [-0.2, 0) is 4.79 Å². The number of amides is 3. The quantitative estimate of drug-likeness (QED) is 0.858. The van der Waals surface area contributed by atoms with E-state index in [0.717, 1.165) is 31.2 Å². The molecule has 1 aliphatic heterocycles. The number of rotatable bonds is 3. The lowest BCUT2D eigenvalue weighted by Crippen LogP contribution is -2.44. The van der Waals surface area contributed by atoms with E-state index in [9.17, 15) is 9.59 Å². The van der Waals surface area contributed by atoms with Crippen molar-refractivity contribution < 1.29 is 9.59 Å². The number of nitrogens with one attached hydrogen (secondary N) is 1. The summed E-state index contributed by atoms with van der Waals surface area (Å²) in [7, 11) is 0. The van der Waals surface area contributed by atoms with E-state index in [0.29, 0.717) is 6.54 Å². The molecule has 3 rings (SSSR count). The van der Waals surface area contributed by atoms with Gasteiger partial charge in [0.05, 0.1) is 0 Å². The number of nitrogens with zero attached hydrogens (tertiary/aromatic N) is 1. The van der Waals surface area contributed by atoms with Crippen molar-refractivity contribution in [2.45, 2.75) is 31.2 Å². The largest absolute Gasteiger partial charge is 0.325 e. The molecule has 2 aliphatic rings. The molecule has 1 saturated heterocycles. The highest BCUT2D eigenvalue weighted by molar-refractivity contribution is 6.07. The van der Waals surface area contributed by atoms with Gasteiger partial charge < -0.3 is 5.32 Å². The van der Waals surface area contributed by atoms with Crippen molar-refractivity contribution in [1.82, 2.24) is 10.2 Å². The molecule has 4 nitrogen and oxygen atoms in total. The SMILES string of the molecule is O=C1NC2(CCCC2)C(=O)N1CC=Cc1ccccc1. The Morgan fingerprint density at radius 3 is 2.55 bits per heavy atom. The molecule has 0 atom stereocenters. The Kier molecular flexibility index (Phi) is 3.30. The van der Waals surface area contributed by atoms with Crippen LogP contribution in [0.1, 0.15) is 31.2 Å². The summed E-state index contributed by atoms with van der Waals surface area (Å²) in [6, 6.07) is 9.59. The number of benzene rings is 1. The summed E-state index contributed by atoms with van der Waals surface area (Å²) in [6.07, 6.45) is 7.37. The zero-order valence-corrected chi connectivity index (χ0v) is 11.3. The van der Waals surface area contributed by atoms with E-state index in [2.05, 4.69) is 5.32 Å². The van der Waals surface area contributed by atoms with Crippen molar-refractivity contribution in [2.75, 3.05) is 6.54 Å². The summed E-state index contributed by atoms with van der Waals surface area (Å²) >= 11 is 0. The van der Waals surface area contributed by atoms with Gasteiger partial charge >= 0.3 is 6.03 Å². The third-order valence-electron chi connectivity index (χ3n) is 4.10. The van der Waals surface area contributed by atoms with Gasteiger partial charge in [-0.3, -0.25) is 9.69 Å².